The number of thiazole rings is 1. The number of furan rings is 1. The van der Waals surface area contributed by atoms with E-state index in [1.54, 1.807) is 30.7 Å². The summed E-state index contributed by atoms with van der Waals surface area (Å²) in [6.07, 6.45) is 3.17. The lowest BCUT2D eigenvalue weighted by Crippen LogP contribution is -1.89. The minimum Gasteiger partial charge on any atom is -0.463 e. The first kappa shape index (κ1) is 14.1. The van der Waals surface area contributed by atoms with Crippen LogP contribution in [0, 0.1) is 0 Å². The van der Waals surface area contributed by atoms with Crippen LogP contribution >= 0.6 is 34.5 Å². The molecular weight excluding hydrogens is 329 g/mol. The van der Waals surface area contributed by atoms with Gasteiger partial charge in [0.25, 0.3) is 0 Å². The number of benzene rings is 1. The summed E-state index contributed by atoms with van der Waals surface area (Å²) < 4.78 is 5.14. The maximum atomic E-state index is 6.16. The van der Waals surface area contributed by atoms with Gasteiger partial charge in [-0.3, -0.25) is 5.43 Å². The van der Waals surface area contributed by atoms with Gasteiger partial charge in [-0.2, -0.15) is 5.10 Å². The molecule has 0 saturated carbocycles. The van der Waals surface area contributed by atoms with Crippen LogP contribution in [0.4, 0.5) is 5.13 Å². The number of nitrogens with one attached hydrogen (secondary N) is 1. The van der Waals surface area contributed by atoms with E-state index in [1.165, 1.54) is 11.3 Å². The monoisotopic (exact) mass is 337 g/mol. The Kier molecular flexibility index (Phi) is 4.24. The topological polar surface area (TPSA) is 50.4 Å². The number of nitrogens with zero attached hydrogens (tertiary/aromatic N) is 2. The maximum absolute atomic E-state index is 6.16. The van der Waals surface area contributed by atoms with Crippen molar-refractivity contribution >= 4 is 45.9 Å². The number of hydrazone groups is 1. The molecule has 0 fully saturated rings. The number of aromatic nitrogens is 1. The summed E-state index contributed by atoms with van der Waals surface area (Å²) in [4.78, 5) is 4.43. The molecule has 3 aromatic rings. The molecule has 0 spiro atoms. The van der Waals surface area contributed by atoms with Crippen molar-refractivity contribution in [2.75, 3.05) is 5.43 Å². The fourth-order valence-corrected chi connectivity index (χ4v) is 2.83. The predicted molar refractivity (Wildman–Crippen MR) is 87.5 cm³/mol. The van der Waals surface area contributed by atoms with E-state index in [-0.39, 0.29) is 0 Å². The predicted octanol–water partition coefficient (Wildman–Crippen LogP) is 5.16. The van der Waals surface area contributed by atoms with Crippen LogP contribution in [0.25, 0.3) is 11.3 Å². The van der Waals surface area contributed by atoms with E-state index in [1.807, 2.05) is 17.5 Å². The third-order valence-corrected chi connectivity index (χ3v) is 3.90. The van der Waals surface area contributed by atoms with Crippen molar-refractivity contribution in [3.8, 4) is 11.3 Å². The number of halogens is 2. The quantitative estimate of drug-likeness (QED) is 0.528. The highest BCUT2D eigenvalue weighted by Crippen LogP contribution is 2.32. The lowest BCUT2D eigenvalue weighted by atomic mass is 10.2. The fourth-order valence-electron chi connectivity index (χ4n) is 1.66. The molecule has 1 aromatic carbocycles. The Hall–Kier alpha value is -1.82. The van der Waals surface area contributed by atoms with E-state index in [2.05, 4.69) is 15.5 Å². The standard InChI is InChI=1S/C14H9Cl2N3OS/c15-9-3-4-11(12(16)6-9)13-8-21-14(18-13)19-17-7-10-2-1-5-20-10/h1-8H,(H,18,19)/b17-7-. The van der Waals surface area contributed by atoms with Gasteiger partial charge < -0.3 is 4.42 Å². The normalized spacial score (nSPS) is 11.1. The second kappa shape index (κ2) is 6.30. The Morgan fingerprint density at radius 3 is 2.95 bits per heavy atom. The zero-order valence-electron chi connectivity index (χ0n) is 10.6. The van der Waals surface area contributed by atoms with Crippen molar-refractivity contribution in [1.82, 2.24) is 4.98 Å². The van der Waals surface area contributed by atoms with Gasteiger partial charge in [-0.25, -0.2) is 4.98 Å². The van der Waals surface area contributed by atoms with Gasteiger partial charge in [0.05, 0.1) is 23.2 Å². The van der Waals surface area contributed by atoms with Gasteiger partial charge in [-0.1, -0.05) is 23.2 Å². The van der Waals surface area contributed by atoms with Gasteiger partial charge in [-0.15, -0.1) is 11.3 Å². The van der Waals surface area contributed by atoms with Gasteiger partial charge in [0.15, 0.2) is 0 Å². The molecular formula is C14H9Cl2N3OS. The fraction of sp³-hybridized carbons (Fsp3) is 0. The van der Waals surface area contributed by atoms with E-state index in [9.17, 15) is 0 Å². The zero-order chi connectivity index (χ0) is 14.7. The molecule has 1 N–H and O–H groups in total. The molecule has 0 bridgehead atoms. The third kappa shape index (κ3) is 3.44. The summed E-state index contributed by atoms with van der Waals surface area (Å²) in [5.41, 5.74) is 4.46. The minimum atomic E-state index is 0.568. The second-order valence-electron chi connectivity index (χ2n) is 4.05. The number of rotatable bonds is 4. The van der Waals surface area contributed by atoms with Crippen molar-refractivity contribution in [1.29, 1.82) is 0 Å². The van der Waals surface area contributed by atoms with E-state index in [0.29, 0.717) is 20.9 Å². The molecule has 7 heteroatoms. The van der Waals surface area contributed by atoms with Gasteiger partial charge >= 0.3 is 0 Å². The lowest BCUT2D eigenvalue weighted by molar-refractivity contribution is 0.560. The van der Waals surface area contributed by atoms with Crippen molar-refractivity contribution in [3.63, 3.8) is 0 Å². The van der Waals surface area contributed by atoms with Crippen LogP contribution < -0.4 is 5.43 Å². The summed E-state index contributed by atoms with van der Waals surface area (Å²) in [7, 11) is 0. The van der Waals surface area contributed by atoms with Crippen molar-refractivity contribution in [2.24, 2.45) is 5.10 Å². The van der Waals surface area contributed by atoms with E-state index in [0.717, 1.165) is 11.3 Å². The van der Waals surface area contributed by atoms with Crippen LogP contribution in [-0.4, -0.2) is 11.2 Å². The van der Waals surface area contributed by atoms with Gasteiger partial charge in [0, 0.05) is 16.0 Å². The molecule has 0 amide bonds. The van der Waals surface area contributed by atoms with Crippen molar-refractivity contribution < 1.29 is 4.42 Å². The minimum absolute atomic E-state index is 0.568. The Bertz CT molecular complexity index is 768. The molecule has 0 radical (unpaired) electrons. The zero-order valence-corrected chi connectivity index (χ0v) is 12.9. The first-order valence-electron chi connectivity index (χ1n) is 5.96. The second-order valence-corrected chi connectivity index (χ2v) is 5.75. The van der Waals surface area contributed by atoms with E-state index >= 15 is 0 Å². The molecule has 0 aliphatic rings. The van der Waals surface area contributed by atoms with E-state index < -0.39 is 0 Å². The number of hydrogen-bond donors (Lipinski definition) is 1. The van der Waals surface area contributed by atoms with Crippen LogP contribution in [0.15, 0.2) is 51.5 Å². The van der Waals surface area contributed by atoms with Crippen molar-refractivity contribution in [2.45, 2.75) is 0 Å². The van der Waals surface area contributed by atoms with Crippen LogP contribution in [0.1, 0.15) is 5.76 Å². The first-order chi connectivity index (χ1) is 10.2. The molecule has 0 aliphatic heterocycles. The molecule has 2 heterocycles. The summed E-state index contributed by atoms with van der Waals surface area (Å²) in [5, 5.41) is 7.79. The average Bonchev–Trinajstić information content (AvgIpc) is 3.10. The highest BCUT2D eigenvalue weighted by atomic mass is 35.5. The first-order valence-corrected chi connectivity index (χ1v) is 7.59. The van der Waals surface area contributed by atoms with Gasteiger partial charge in [0.1, 0.15) is 5.76 Å². The van der Waals surface area contributed by atoms with E-state index in [4.69, 9.17) is 27.6 Å². The Balaban J connectivity index is 1.74. The molecule has 106 valence electrons. The summed E-state index contributed by atoms with van der Waals surface area (Å²) in [5.74, 6) is 0.667. The number of hydrogen-bond acceptors (Lipinski definition) is 5. The Morgan fingerprint density at radius 1 is 1.29 bits per heavy atom. The smallest absolute Gasteiger partial charge is 0.203 e. The highest BCUT2D eigenvalue weighted by molar-refractivity contribution is 7.14. The van der Waals surface area contributed by atoms with Crippen LogP contribution in [0.3, 0.4) is 0 Å². The summed E-state index contributed by atoms with van der Waals surface area (Å²) in [6.45, 7) is 0. The molecule has 0 atom stereocenters. The highest BCUT2D eigenvalue weighted by Gasteiger charge is 2.08. The SMILES string of the molecule is Clc1ccc(-c2csc(N/N=C\c3ccco3)n2)c(Cl)c1. The Labute approximate surface area is 135 Å². The molecule has 0 saturated heterocycles. The van der Waals surface area contributed by atoms with Crippen LogP contribution in [-0.2, 0) is 0 Å². The maximum Gasteiger partial charge on any atom is 0.203 e. The molecule has 2 aromatic heterocycles. The summed E-state index contributed by atoms with van der Waals surface area (Å²) in [6, 6.07) is 8.93. The molecule has 0 aliphatic carbocycles. The lowest BCUT2D eigenvalue weighted by Gasteiger charge is -2.00. The van der Waals surface area contributed by atoms with Crippen LogP contribution in [0.5, 0.6) is 0 Å². The largest absolute Gasteiger partial charge is 0.463 e. The van der Waals surface area contributed by atoms with Gasteiger partial charge in [0.2, 0.25) is 5.13 Å². The number of anilines is 1. The Morgan fingerprint density at radius 2 is 2.19 bits per heavy atom. The average molecular weight is 338 g/mol. The molecule has 4 nitrogen and oxygen atoms in total. The van der Waals surface area contributed by atoms with Crippen molar-refractivity contribution in [3.05, 3.63) is 57.8 Å². The molecule has 21 heavy (non-hydrogen) atoms. The third-order valence-electron chi connectivity index (χ3n) is 2.61. The van der Waals surface area contributed by atoms with Crippen LogP contribution in [0.2, 0.25) is 10.0 Å². The van der Waals surface area contributed by atoms with Gasteiger partial charge in [-0.05, 0) is 30.3 Å². The summed E-state index contributed by atoms with van der Waals surface area (Å²) >= 11 is 13.5. The molecule has 0 unspecified atom stereocenters. The molecule has 3 rings (SSSR count).